The Morgan fingerprint density at radius 2 is 1.63 bits per heavy atom. The predicted molar refractivity (Wildman–Crippen MR) is 104 cm³/mol. The Morgan fingerprint density at radius 1 is 1.00 bits per heavy atom. The number of aryl methyl sites for hydroxylation is 1. The fourth-order valence-corrected chi connectivity index (χ4v) is 2.78. The minimum absolute atomic E-state index is 0.239. The van der Waals surface area contributed by atoms with E-state index in [0.29, 0.717) is 29.5 Å². The van der Waals surface area contributed by atoms with E-state index in [1.807, 2.05) is 31.2 Å². The molecule has 0 heterocycles. The molecule has 2 rings (SSSR count). The van der Waals surface area contributed by atoms with Crippen molar-refractivity contribution in [2.75, 3.05) is 40.3 Å². The van der Waals surface area contributed by atoms with E-state index in [2.05, 4.69) is 10.6 Å². The van der Waals surface area contributed by atoms with E-state index < -0.39 is 0 Å². The lowest BCUT2D eigenvalue weighted by Crippen LogP contribution is -2.33. The van der Waals surface area contributed by atoms with Crippen LogP contribution >= 0.6 is 0 Å². The Morgan fingerprint density at radius 3 is 2.15 bits per heavy atom. The lowest BCUT2D eigenvalue weighted by molar-refractivity contribution is 0.104. The average molecular weight is 374 g/mol. The molecular formula is C20H26N2O5. The smallest absolute Gasteiger partial charge is 0.319 e. The van der Waals surface area contributed by atoms with Crippen molar-refractivity contribution in [1.29, 1.82) is 0 Å². The molecule has 0 aromatic heterocycles. The summed E-state index contributed by atoms with van der Waals surface area (Å²) in [6.45, 7) is 2.34. The van der Waals surface area contributed by atoms with Gasteiger partial charge in [0.25, 0.3) is 0 Å². The zero-order valence-electron chi connectivity index (χ0n) is 16.3. The highest BCUT2D eigenvalue weighted by Crippen LogP contribution is 2.39. The molecule has 0 saturated heterocycles. The number of methoxy groups -OCH3 is 4. The van der Waals surface area contributed by atoms with E-state index in [0.717, 1.165) is 11.1 Å². The summed E-state index contributed by atoms with van der Waals surface area (Å²) >= 11 is 0. The fraction of sp³-hybridized carbons (Fsp3) is 0.350. The van der Waals surface area contributed by atoms with Crippen LogP contribution in [0.2, 0.25) is 0 Å². The van der Waals surface area contributed by atoms with E-state index in [4.69, 9.17) is 18.9 Å². The molecule has 146 valence electrons. The molecule has 0 spiro atoms. The van der Waals surface area contributed by atoms with Gasteiger partial charge in [0.2, 0.25) is 5.75 Å². The van der Waals surface area contributed by atoms with Gasteiger partial charge in [0, 0.05) is 25.8 Å². The van der Waals surface area contributed by atoms with E-state index in [9.17, 15) is 4.79 Å². The van der Waals surface area contributed by atoms with Crippen LogP contribution in [0.15, 0.2) is 36.4 Å². The lowest BCUT2D eigenvalue weighted by atomic mass is 10.0. The first-order valence-corrected chi connectivity index (χ1v) is 8.47. The highest BCUT2D eigenvalue weighted by molar-refractivity contribution is 5.90. The van der Waals surface area contributed by atoms with Crippen molar-refractivity contribution in [1.82, 2.24) is 5.32 Å². The number of carbonyl (C=O) groups is 1. The third-order valence-corrected chi connectivity index (χ3v) is 4.19. The number of carbonyl (C=O) groups excluding carboxylic acids is 1. The SMILES string of the molecule is COc1cc(NC(=O)NCC(OC)c2ccccc2C)cc(OC)c1OC. The molecule has 2 amide bonds. The number of amides is 2. The summed E-state index contributed by atoms with van der Waals surface area (Å²) in [6, 6.07) is 10.9. The zero-order valence-corrected chi connectivity index (χ0v) is 16.3. The second kappa shape index (κ2) is 9.68. The average Bonchev–Trinajstić information content (AvgIpc) is 2.68. The lowest BCUT2D eigenvalue weighted by Gasteiger charge is -2.19. The maximum absolute atomic E-state index is 12.3. The van der Waals surface area contributed by atoms with E-state index >= 15 is 0 Å². The molecule has 27 heavy (non-hydrogen) atoms. The van der Waals surface area contributed by atoms with Gasteiger partial charge in [0.05, 0.1) is 33.1 Å². The van der Waals surface area contributed by atoms with Gasteiger partial charge in [-0.1, -0.05) is 24.3 Å². The van der Waals surface area contributed by atoms with Crippen molar-refractivity contribution in [3.05, 3.63) is 47.5 Å². The van der Waals surface area contributed by atoms with Crippen LogP contribution < -0.4 is 24.8 Å². The number of nitrogens with one attached hydrogen (secondary N) is 2. The maximum Gasteiger partial charge on any atom is 0.319 e. The quantitative estimate of drug-likeness (QED) is 0.739. The number of urea groups is 1. The third kappa shape index (κ3) is 5.04. The topological polar surface area (TPSA) is 78.1 Å². The molecule has 2 N–H and O–H groups in total. The Kier molecular flexibility index (Phi) is 7.31. The Balaban J connectivity index is 2.06. The second-order valence-corrected chi connectivity index (χ2v) is 5.83. The van der Waals surface area contributed by atoms with Crippen molar-refractivity contribution in [2.24, 2.45) is 0 Å². The molecule has 0 aliphatic carbocycles. The molecular weight excluding hydrogens is 348 g/mol. The molecule has 0 aliphatic heterocycles. The minimum atomic E-state index is -0.361. The molecule has 0 fully saturated rings. The highest BCUT2D eigenvalue weighted by atomic mass is 16.5. The monoisotopic (exact) mass is 374 g/mol. The molecule has 0 radical (unpaired) electrons. The fourth-order valence-electron chi connectivity index (χ4n) is 2.78. The molecule has 1 unspecified atom stereocenters. The molecule has 1 atom stereocenters. The van der Waals surface area contributed by atoms with Gasteiger partial charge in [0.1, 0.15) is 0 Å². The summed E-state index contributed by atoms with van der Waals surface area (Å²) < 4.78 is 21.4. The largest absolute Gasteiger partial charge is 0.493 e. The van der Waals surface area contributed by atoms with Gasteiger partial charge in [-0.3, -0.25) is 0 Å². The summed E-state index contributed by atoms with van der Waals surface area (Å²) in [5.74, 6) is 1.38. The predicted octanol–water partition coefficient (Wildman–Crippen LogP) is 3.53. The van der Waals surface area contributed by atoms with Crippen LogP contribution in [0.5, 0.6) is 17.2 Å². The Bertz CT molecular complexity index is 754. The van der Waals surface area contributed by atoms with Crippen molar-refractivity contribution in [3.8, 4) is 17.2 Å². The van der Waals surface area contributed by atoms with Crippen LogP contribution in [0.4, 0.5) is 10.5 Å². The van der Waals surface area contributed by atoms with E-state index in [1.165, 1.54) is 21.3 Å². The van der Waals surface area contributed by atoms with Crippen molar-refractivity contribution < 1.29 is 23.7 Å². The first-order valence-electron chi connectivity index (χ1n) is 8.47. The number of ether oxygens (including phenoxy) is 4. The van der Waals surface area contributed by atoms with Gasteiger partial charge >= 0.3 is 6.03 Å². The zero-order chi connectivity index (χ0) is 19.8. The minimum Gasteiger partial charge on any atom is -0.493 e. The number of hydrogen-bond acceptors (Lipinski definition) is 5. The van der Waals surface area contributed by atoms with Gasteiger partial charge in [-0.05, 0) is 18.1 Å². The third-order valence-electron chi connectivity index (χ3n) is 4.19. The molecule has 0 bridgehead atoms. The first kappa shape index (κ1) is 20.4. The van der Waals surface area contributed by atoms with Crippen molar-refractivity contribution in [2.45, 2.75) is 13.0 Å². The molecule has 2 aromatic carbocycles. The second-order valence-electron chi connectivity index (χ2n) is 5.83. The van der Waals surface area contributed by atoms with Crippen molar-refractivity contribution >= 4 is 11.7 Å². The van der Waals surface area contributed by atoms with Gasteiger partial charge in [-0.15, -0.1) is 0 Å². The van der Waals surface area contributed by atoms with Gasteiger partial charge in [0.15, 0.2) is 11.5 Å². The summed E-state index contributed by atoms with van der Waals surface area (Å²) in [4.78, 5) is 12.3. The van der Waals surface area contributed by atoms with Crippen molar-refractivity contribution in [3.63, 3.8) is 0 Å². The standard InChI is InChI=1S/C20H26N2O5/c1-13-8-6-7-9-15(13)18(26-4)12-21-20(23)22-14-10-16(24-2)19(27-5)17(11-14)25-3/h6-11,18H,12H2,1-5H3,(H2,21,22,23). The summed E-state index contributed by atoms with van der Waals surface area (Å²) in [5.41, 5.74) is 2.66. The number of benzene rings is 2. The maximum atomic E-state index is 12.3. The molecule has 2 aromatic rings. The summed E-state index contributed by atoms with van der Waals surface area (Å²) in [6.07, 6.45) is -0.239. The summed E-state index contributed by atoms with van der Waals surface area (Å²) in [7, 11) is 6.19. The van der Waals surface area contributed by atoms with Crippen LogP contribution in [0.1, 0.15) is 17.2 Å². The normalized spacial score (nSPS) is 11.4. The van der Waals surface area contributed by atoms with E-state index in [1.54, 1.807) is 19.2 Å². The van der Waals surface area contributed by atoms with Crippen LogP contribution in [0.25, 0.3) is 0 Å². The number of hydrogen-bond donors (Lipinski definition) is 2. The Labute approximate surface area is 159 Å². The molecule has 0 aliphatic rings. The van der Waals surface area contributed by atoms with Crippen LogP contribution in [-0.2, 0) is 4.74 Å². The summed E-state index contributed by atoms with van der Waals surface area (Å²) in [5, 5.41) is 5.59. The van der Waals surface area contributed by atoms with E-state index in [-0.39, 0.29) is 12.1 Å². The molecule has 0 saturated carbocycles. The van der Waals surface area contributed by atoms with Crippen LogP contribution in [-0.4, -0.2) is 41.0 Å². The molecule has 7 nitrogen and oxygen atoms in total. The number of anilines is 1. The highest BCUT2D eigenvalue weighted by Gasteiger charge is 2.16. The van der Waals surface area contributed by atoms with Crippen LogP contribution in [0.3, 0.4) is 0 Å². The van der Waals surface area contributed by atoms with Gasteiger partial charge < -0.3 is 29.6 Å². The first-order chi connectivity index (χ1) is 13.0. The number of rotatable bonds is 8. The Hall–Kier alpha value is -2.93. The van der Waals surface area contributed by atoms with Crippen LogP contribution in [0, 0.1) is 6.92 Å². The van der Waals surface area contributed by atoms with Gasteiger partial charge in [-0.25, -0.2) is 4.79 Å². The van der Waals surface area contributed by atoms with Gasteiger partial charge in [-0.2, -0.15) is 0 Å². The molecule has 7 heteroatoms.